The maximum Gasteiger partial charge on any atom is 0.260 e. The van der Waals surface area contributed by atoms with Crippen molar-refractivity contribution >= 4 is 28.5 Å². The molecule has 0 amide bonds. The van der Waals surface area contributed by atoms with Crippen LogP contribution < -0.4 is 10.9 Å². The number of aliphatic hydroxyl groups is 1. The molecule has 0 aromatic carbocycles. The number of nitrogens with zero attached hydrogens (tertiary/aromatic N) is 4. The van der Waals surface area contributed by atoms with E-state index in [1.807, 2.05) is 12.1 Å². The zero-order valence-corrected chi connectivity index (χ0v) is 17.3. The van der Waals surface area contributed by atoms with Crippen LogP contribution in [0.3, 0.4) is 0 Å². The van der Waals surface area contributed by atoms with Crippen molar-refractivity contribution in [3.63, 3.8) is 0 Å². The van der Waals surface area contributed by atoms with Gasteiger partial charge >= 0.3 is 0 Å². The summed E-state index contributed by atoms with van der Waals surface area (Å²) in [5.41, 5.74) is 1.21. The topological polar surface area (TPSA) is 92.9 Å². The first kappa shape index (κ1) is 20.7. The van der Waals surface area contributed by atoms with E-state index in [-0.39, 0.29) is 30.0 Å². The van der Waals surface area contributed by atoms with E-state index in [0.29, 0.717) is 22.7 Å². The molecule has 7 heteroatoms. The van der Waals surface area contributed by atoms with Gasteiger partial charge in [-0.3, -0.25) is 4.79 Å². The van der Waals surface area contributed by atoms with Crippen LogP contribution in [0.4, 0.5) is 11.6 Å². The summed E-state index contributed by atoms with van der Waals surface area (Å²) in [6, 6.07) is 5.51. The Morgan fingerprint density at radius 1 is 1.28 bits per heavy atom. The van der Waals surface area contributed by atoms with E-state index in [9.17, 15) is 9.90 Å². The van der Waals surface area contributed by atoms with Crippen molar-refractivity contribution in [2.75, 3.05) is 11.9 Å². The van der Waals surface area contributed by atoms with E-state index in [1.165, 1.54) is 10.9 Å². The summed E-state index contributed by atoms with van der Waals surface area (Å²) < 4.78 is 1.52. The Bertz CT molecular complexity index is 1100. The summed E-state index contributed by atoms with van der Waals surface area (Å²) >= 11 is 0. The number of pyridine rings is 2. The molecule has 152 valence electrons. The first-order valence-electron chi connectivity index (χ1n) is 9.61. The van der Waals surface area contributed by atoms with Crippen LogP contribution in [0, 0.1) is 5.41 Å². The standard InChI is InChI=1S/C22H27N5O2/c1-6-16-12-17(24-13-23-16)25-18-11-15-7-8-27(9-10-28)21(29)19(15)20(26-18)14(2)22(3,4)5/h6-8,11-14,28H,1,9-10H2,2-5H3,(H,23,24,25,26). The third-order valence-corrected chi connectivity index (χ3v) is 5.19. The summed E-state index contributed by atoms with van der Waals surface area (Å²) in [4.78, 5) is 26.2. The number of hydrogen-bond donors (Lipinski definition) is 2. The van der Waals surface area contributed by atoms with Gasteiger partial charge in [0.05, 0.1) is 23.4 Å². The van der Waals surface area contributed by atoms with Gasteiger partial charge in [0.15, 0.2) is 0 Å². The van der Waals surface area contributed by atoms with Crippen molar-refractivity contribution in [3.05, 3.63) is 59.0 Å². The molecule has 0 aliphatic carbocycles. The molecule has 0 saturated carbocycles. The smallest absolute Gasteiger partial charge is 0.260 e. The number of fused-ring (bicyclic) bond motifs is 1. The molecule has 3 aromatic heterocycles. The van der Waals surface area contributed by atoms with Gasteiger partial charge in [-0.15, -0.1) is 0 Å². The van der Waals surface area contributed by atoms with Gasteiger partial charge in [0.2, 0.25) is 0 Å². The first-order chi connectivity index (χ1) is 13.7. The zero-order valence-electron chi connectivity index (χ0n) is 17.3. The summed E-state index contributed by atoms with van der Waals surface area (Å²) in [5, 5.41) is 13.9. The van der Waals surface area contributed by atoms with Crippen molar-refractivity contribution in [2.24, 2.45) is 5.41 Å². The van der Waals surface area contributed by atoms with Crippen LogP contribution in [0.25, 0.3) is 16.8 Å². The molecule has 0 aliphatic rings. The van der Waals surface area contributed by atoms with E-state index < -0.39 is 0 Å². The van der Waals surface area contributed by atoms with Gasteiger partial charge in [-0.1, -0.05) is 34.3 Å². The van der Waals surface area contributed by atoms with Crippen LogP contribution in [0.1, 0.15) is 45.0 Å². The molecule has 3 rings (SSSR count). The lowest BCUT2D eigenvalue weighted by atomic mass is 9.79. The maximum atomic E-state index is 13.1. The third kappa shape index (κ3) is 4.35. The summed E-state index contributed by atoms with van der Waals surface area (Å²) in [6.45, 7) is 12.3. The Morgan fingerprint density at radius 3 is 2.69 bits per heavy atom. The predicted octanol–water partition coefficient (Wildman–Crippen LogP) is 3.72. The Labute approximate surface area is 170 Å². The quantitative estimate of drug-likeness (QED) is 0.663. The minimum Gasteiger partial charge on any atom is -0.395 e. The number of hydrogen-bond acceptors (Lipinski definition) is 6. The molecule has 0 aliphatic heterocycles. The normalized spacial score (nSPS) is 12.7. The van der Waals surface area contributed by atoms with Gasteiger partial charge in [-0.2, -0.15) is 0 Å². The highest BCUT2D eigenvalue weighted by Gasteiger charge is 2.26. The van der Waals surface area contributed by atoms with Crippen LogP contribution in [0.15, 0.2) is 42.1 Å². The van der Waals surface area contributed by atoms with Crippen LogP contribution in [-0.4, -0.2) is 31.2 Å². The van der Waals surface area contributed by atoms with Crippen molar-refractivity contribution in [1.82, 2.24) is 19.5 Å². The molecule has 3 heterocycles. The lowest BCUT2D eigenvalue weighted by molar-refractivity contribution is 0.274. The molecule has 1 atom stereocenters. The van der Waals surface area contributed by atoms with Crippen molar-refractivity contribution in [1.29, 1.82) is 0 Å². The van der Waals surface area contributed by atoms with Gasteiger partial charge < -0.3 is 15.0 Å². The number of nitrogens with one attached hydrogen (secondary N) is 1. The van der Waals surface area contributed by atoms with Gasteiger partial charge in [-0.25, -0.2) is 15.0 Å². The molecule has 29 heavy (non-hydrogen) atoms. The van der Waals surface area contributed by atoms with Gasteiger partial charge in [0.1, 0.15) is 18.0 Å². The largest absolute Gasteiger partial charge is 0.395 e. The molecule has 0 saturated heterocycles. The predicted molar refractivity (Wildman–Crippen MR) is 116 cm³/mol. The molecule has 2 N–H and O–H groups in total. The summed E-state index contributed by atoms with van der Waals surface area (Å²) in [7, 11) is 0. The summed E-state index contributed by atoms with van der Waals surface area (Å²) in [6.07, 6.45) is 4.82. The Morgan fingerprint density at radius 2 is 2.03 bits per heavy atom. The number of aromatic nitrogens is 4. The molecule has 7 nitrogen and oxygen atoms in total. The Hall–Kier alpha value is -3.06. The van der Waals surface area contributed by atoms with E-state index in [1.54, 1.807) is 18.3 Å². The van der Waals surface area contributed by atoms with Crippen LogP contribution >= 0.6 is 0 Å². The van der Waals surface area contributed by atoms with E-state index in [2.05, 4.69) is 49.6 Å². The monoisotopic (exact) mass is 393 g/mol. The lowest BCUT2D eigenvalue weighted by Crippen LogP contribution is -2.25. The lowest BCUT2D eigenvalue weighted by Gasteiger charge is -2.28. The highest BCUT2D eigenvalue weighted by Crippen LogP contribution is 2.37. The van der Waals surface area contributed by atoms with Gasteiger partial charge in [-0.05, 0) is 29.0 Å². The highest BCUT2D eigenvalue weighted by molar-refractivity contribution is 5.87. The van der Waals surface area contributed by atoms with Gasteiger partial charge in [0.25, 0.3) is 5.56 Å². The number of anilines is 2. The minimum absolute atomic E-state index is 0.0264. The first-order valence-corrected chi connectivity index (χ1v) is 9.61. The molecule has 1 unspecified atom stereocenters. The third-order valence-electron chi connectivity index (χ3n) is 5.19. The molecule has 0 spiro atoms. The van der Waals surface area contributed by atoms with Gasteiger partial charge in [0, 0.05) is 24.7 Å². The van der Waals surface area contributed by atoms with E-state index in [0.717, 1.165) is 11.1 Å². The Balaban J connectivity index is 2.19. The molecular weight excluding hydrogens is 366 g/mol. The molecule has 0 bridgehead atoms. The van der Waals surface area contributed by atoms with E-state index in [4.69, 9.17) is 4.98 Å². The van der Waals surface area contributed by atoms with Crippen LogP contribution in [-0.2, 0) is 6.54 Å². The molecular formula is C22H27N5O2. The van der Waals surface area contributed by atoms with Crippen molar-refractivity contribution < 1.29 is 5.11 Å². The minimum atomic E-state index is -0.141. The van der Waals surface area contributed by atoms with Crippen LogP contribution in [0.2, 0.25) is 0 Å². The fraction of sp³-hybridized carbons (Fsp3) is 0.364. The Kier molecular flexibility index (Phi) is 5.79. The van der Waals surface area contributed by atoms with Crippen molar-refractivity contribution in [3.8, 4) is 0 Å². The molecule has 0 fully saturated rings. The van der Waals surface area contributed by atoms with Crippen LogP contribution in [0.5, 0.6) is 0 Å². The fourth-order valence-electron chi connectivity index (χ4n) is 3.09. The molecule has 3 aromatic rings. The highest BCUT2D eigenvalue weighted by atomic mass is 16.3. The molecule has 0 radical (unpaired) electrons. The fourth-order valence-corrected chi connectivity index (χ4v) is 3.09. The number of aliphatic hydroxyl groups excluding tert-OH is 1. The average Bonchev–Trinajstić information content (AvgIpc) is 2.68. The maximum absolute atomic E-state index is 13.1. The second-order valence-corrected chi connectivity index (χ2v) is 8.14. The van der Waals surface area contributed by atoms with E-state index >= 15 is 0 Å². The zero-order chi connectivity index (χ0) is 21.2. The average molecular weight is 393 g/mol. The summed E-state index contributed by atoms with van der Waals surface area (Å²) in [5.74, 6) is 1.24. The second-order valence-electron chi connectivity index (χ2n) is 8.14. The number of rotatable bonds is 6. The second kappa shape index (κ2) is 8.13. The van der Waals surface area contributed by atoms with Crippen molar-refractivity contribution in [2.45, 2.75) is 40.2 Å². The SMILES string of the molecule is C=Cc1cc(Nc2cc3ccn(CCO)c(=O)c3c(C(C)C(C)(C)C)n2)ncn1.